The smallest absolute Gasteiger partial charge is 0.271 e. The van der Waals surface area contributed by atoms with E-state index in [-0.39, 0.29) is 29.2 Å². The molecule has 0 saturated carbocycles. The number of nitrogens with one attached hydrogen (secondary N) is 2. The van der Waals surface area contributed by atoms with Crippen LogP contribution in [0.5, 0.6) is 5.75 Å². The molecule has 1 unspecified atom stereocenters. The van der Waals surface area contributed by atoms with Crippen molar-refractivity contribution < 1.29 is 19.2 Å². The van der Waals surface area contributed by atoms with Crippen molar-refractivity contribution in [2.45, 2.75) is 45.4 Å². The van der Waals surface area contributed by atoms with Crippen molar-refractivity contribution in [1.82, 2.24) is 20.1 Å². The van der Waals surface area contributed by atoms with Gasteiger partial charge in [0.2, 0.25) is 5.91 Å². The third-order valence-electron chi connectivity index (χ3n) is 5.68. The van der Waals surface area contributed by atoms with Crippen LogP contribution in [0.4, 0.5) is 11.4 Å². The lowest BCUT2D eigenvalue weighted by atomic mass is 10.0. The number of thioether (sulfide) groups is 1. The Labute approximate surface area is 219 Å². The van der Waals surface area contributed by atoms with E-state index in [1.54, 1.807) is 44.4 Å². The highest BCUT2D eigenvalue weighted by molar-refractivity contribution is 7.99. The quantitative estimate of drug-likeness (QED) is 0.213. The molecule has 0 fully saturated rings. The minimum atomic E-state index is -0.506. The van der Waals surface area contributed by atoms with E-state index in [9.17, 15) is 19.7 Å². The van der Waals surface area contributed by atoms with Crippen LogP contribution in [0, 0.1) is 23.0 Å². The Hall–Kier alpha value is -3.93. The molecule has 196 valence electrons. The molecule has 0 aliphatic heterocycles. The average Bonchev–Trinajstić information content (AvgIpc) is 3.29. The lowest BCUT2D eigenvalue weighted by Gasteiger charge is -2.22. The van der Waals surface area contributed by atoms with Crippen molar-refractivity contribution in [1.29, 1.82) is 0 Å². The van der Waals surface area contributed by atoms with Crippen molar-refractivity contribution in [3.8, 4) is 5.75 Å². The maximum Gasteiger partial charge on any atom is 0.271 e. The van der Waals surface area contributed by atoms with Crippen LogP contribution in [0.2, 0.25) is 0 Å². The number of nitro benzene ring substituents is 1. The zero-order valence-corrected chi connectivity index (χ0v) is 22.2. The Bertz CT molecular complexity index is 1280. The molecule has 0 aliphatic carbocycles. The fraction of sp³-hybridized carbons (Fsp3) is 0.360. The molecule has 0 spiro atoms. The average molecular weight is 527 g/mol. The highest BCUT2D eigenvalue weighted by Gasteiger charge is 2.26. The summed E-state index contributed by atoms with van der Waals surface area (Å²) >= 11 is 1.20. The molecule has 37 heavy (non-hydrogen) atoms. The number of hydrogen-bond donors (Lipinski definition) is 2. The van der Waals surface area contributed by atoms with E-state index in [1.165, 1.54) is 23.9 Å². The van der Waals surface area contributed by atoms with E-state index < -0.39 is 11.0 Å². The van der Waals surface area contributed by atoms with Gasteiger partial charge in [0.05, 0.1) is 29.5 Å². The molecule has 2 N–H and O–H groups in total. The van der Waals surface area contributed by atoms with Gasteiger partial charge in [-0.3, -0.25) is 19.7 Å². The minimum absolute atomic E-state index is 0.0229. The Balaban J connectivity index is 1.71. The first-order valence-electron chi connectivity index (χ1n) is 11.7. The normalized spacial score (nSPS) is 11.7. The number of benzene rings is 2. The van der Waals surface area contributed by atoms with Gasteiger partial charge in [0.15, 0.2) is 11.0 Å². The molecule has 2 amide bonds. The van der Waals surface area contributed by atoms with Crippen LogP contribution < -0.4 is 15.4 Å². The summed E-state index contributed by atoms with van der Waals surface area (Å²) in [4.78, 5) is 36.0. The highest BCUT2D eigenvalue weighted by Crippen LogP contribution is 2.27. The van der Waals surface area contributed by atoms with Crippen molar-refractivity contribution >= 4 is 35.0 Å². The van der Waals surface area contributed by atoms with E-state index >= 15 is 0 Å². The van der Waals surface area contributed by atoms with Gasteiger partial charge in [-0.05, 0) is 49.6 Å². The maximum atomic E-state index is 12.9. The minimum Gasteiger partial charge on any atom is -0.497 e. The summed E-state index contributed by atoms with van der Waals surface area (Å²) < 4.78 is 7.02. The molecule has 12 heteroatoms. The van der Waals surface area contributed by atoms with Crippen LogP contribution in [0.15, 0.2) is 47.6 Å². The van der Waals surface area contributed by atoms with E-state index in [2.05, 4.69) is 20.8 Å². The number of nitrogens with zero attached hydrogens (tertiary/aromatic N) is 4. The second-order valence-corrected chi connectivity index (χ2v) is 9.54. The lowest BCUT2D eigenvalue weighted by molar-refractivity contribution is -0.384. The summed E-state index contributed by atoms with van der Waals surface area (Å²) in [7, 11) is 1.56. The monoisotopic (exact) mass is 526 g/mol. The second-order valence-electron chi connectivity index (χ2n) is 8.60. The summed E-state index contributed by atoms with van der Waals surface area (Å²) in [5, 5.41) is 26.0. The number of carbonyl (C=O) groups is 2. The summed E-state index contributed by atoms with van der Waals surface area (Å²) in [5.41, 5.74) is 1.51. The highest BCUT2D eigenvalue weighted by atomic mass is 32.2. The molecule has 1 heterocycles. The van der Waals surface area contributed by atoms with Crippen LogP contribution in [-0.4, -0.2) is 44.4 Å². The van der Waals surface area contributed by atoms with Gasteiger partial charge >= 0.3 is 0 Å². The van der Waals surface area contributed by atoms with Crippen molar-refractivity contribution in [2.24, 2.45) is 5.92 Å². The Morgan fingerprint density at radius 2 is 1.86 bits per heavy atom. The molecule has 1 atom stereocenters. The molecule has 1 aromatic heterocycles. The number of hydrogen-bond acceptors (Lipinski definition) is 8. The summed E-state index contributed by atoms with van der Waals surface area (Å²) in [6, 6.07) is 10.8. The van der Waals surface area contributed by atoms with E-state index in [0.29, 0.717) is 34.5 Å². The van der Waals surface area contributed by atoms with Crippen LogP contribution in [0.3, 0.4) is 0 Å². The molecule has 0 bridgehead atoms. The first-order chi connectivity index (χ1) is 17.6. The summed E-state index contributed by atoms with van der Waals surface area (Å²) in [5.74, 6) is 0.743. The molecule has 11 nitrogen and oxygen atoms in total. The Morgan fingerprint density at radius 3 is 2.46 bits per heavy atom. The van der Waals surface area contributed by atoms with Crippen molar-refractivity contribution in [2.75, 3.05) is 18.2 Å². The molecule has 0 aliphatic rings. The zero-order chi connectivity index (χ0) is 27.1. The first-order valence-corrected chi connectivity index (χ1v) is 12.7. The number of nitro groups is 1. The van der Waals surface area contributed by atoms with Crippen LogP contribution in [-0.2, 0) is 11.3 Å². The predicted molar refractivity (Wildman–Crippen MR) is 141 cm³/mol. The first kappa shape index (κ1) is 27.7. The molecular weight excluding hydrogens is 496 g/mol. The zero-order valence-electron chi connectivity index (χ0n) is 21.3. The number of methoxy groups -OCH3 is 1. The SMILES string of the molecule is CCn1c(SCC(=O)Nc2cc([N+](=O)[O-])ccc2C)nnc1C(NC(=O)c1ccc(OC)cc1)C(C)C. The maximum absolute atomic E-state index is 12.9. The van der Waals surface area contributed by atoms with Gasteiger partial charge in [-0.2, -0.15) is 0 Å². The van der Waals surface area contributed by atoms with Crippen LogP contribution in [0.1, 0.15) is 48.6 Å². The number of non-ortho nitro benzene ring substituents is 1. The fourth-order valence-corrected chi connectivity index (χ4v) is 4.41. The van der Waals surface area contributed by atoms with Gasteiger partial charge in [-0.25, -0.2) is 0 Å². The van der Waals surface area contributed by atoms with Gasteiger partial charge in [0.25, 0.3) is 11.6 Å². The summed E-state index contributed by atoms with van der Waals surface area (Å²) in [6.07, 6.45) is 0. The molecule has 0 saturated heterocycles. The van der Waals surface area contributed by atoms with E-state index in [0.717, 1.165) is 5.56 Å². The fourth-order valence-electron chi connectivity index (χ4n) is 3.61. The number of ether oxygens (including phenoxy) is 1. The third kappa shape index (κ3) is 6.85. The molecular formula is C25H30N6O5S. The van der Waals surface area contributed by atoms with E-state index in [4.69, 9.17) is 4.74 Å². The lowest BCUT2D eigenvalue weighted by Crippen LogP contribution is -2.33. The molecule has 3 rings (SSSR count). The van der Waals surface area contributed by atoms with E-state index in [1.807, 2.05) is 25.3 Å². The summed E-state index contributed by atoms with van der Waals surface area (Å²) in [6.45, 7) is 8.20. The van der Waals surface area contributed by atoms with Crippen molar-refractivity contribution in [3.63, 3.8) is 0 Å². The number of rotatable bonds is 11. The van der Waals surface area contributed by atoms with Gasteiger partial charge < -0.3 is 19.9 Å². The molecule has 2 aromatic carbocycles. The Morgan fingerprint density at radius 1 is 1.16 bits per heavy atom. The van der Waals surface area contributed by atoms with Gasteiger partial charge in [-0.1, -0.05) is 31.7 Å². The standard InChI is InChI=1S/C25H30N6O5S/c1-6-30-23(22(15(2)3)27-24(33)17-8-11-19(36-5)12-9-17)28-29-25(30)37-14-21(32)26-20-13-18(31(34)35)10-7-16(20)4/h7-13,15,22H,6,14H2,1-5H3,(H,26,32)(H,27,33). The second kappa shape index (κ2) is 12.3. The van der Waals surface area contributed by atoms with Gasteiger partial charge in [0, 0.05) is 24.2 Å². The Kier molecular flexibility index (Phi) is 9.23. The molecule has 0 radical (unpaired) electrons. The number of anilines is 1. The van der Waals surface area contributed by atoms with Crippen molar-refractivity contribution in [3.05, 3.63) is 69.5 Å². The third-order valence-corrected chi connectivity index (χ3v) is 6.65. The number of amides is 2. The topological polar surface area (TPSA) is 141 Å². The predicted octanol–water partition coefficient (Wildman–Crippen LogP) is 4.38. The van der Waals surface area contributed by atoms with Gasteiger partial charge in [0.1, 0.15) is 5.75 Å². The van der Waals surface area contributed by atoms with Crippen LogP contribution in [0.25, 0.3) is 0 Å². The largest absolute Gasteiger partial charge is 0.497 e. The number of carbonyl (C=O) groups excluding carboxylic acids is 2. The van der Waals surface area contributed by atoms with Gasteiger partial charge in [-0.15, -0.1) is 10.2 Å². The molecule has 3 aromatic rings. The number of aromatic nitrogens is 3. The number of aryl methyl sites for hydroxylation is 1. The van der Waals surface area contributed by atoms with Crippen LogP contribution >= 0.6 is 11.8 Å².